The molecular formula is C11H13FIN3O. The minimum atomic E-state index is -0.502. The largest absolute Gasteiger partial charge is 0.327 e. The first-order chi connectivity index (χ1) is 7.84. The molecule has 1 aliphatic rings. The first kappa shape index (κ1) is 12.5. The molecule has 0 aromatic carbocycles. The first-order valence-corrected chi connectivity index (χ1v) is 6.27. The number of amides is 2. The van der Waals surface area contributed by atoms with E-state index in [2.05, 4.69) is 10.3 Å². The van der Waals surface area contributed by atoms with Crippen LogP contribution in [-0.4, -0.2) is 28.5 Å². The Morgan fingerprint density at radius 2 is 2.24 bits per heavy atom. The van der Waals surface area contributed by atoms with E-state index < -0.39 is 11.6 Å². The predicted molar refractivity (Wildman–Crippen MR) is 70.0 cm³/mol. The fourth-order valence-corrected chi connectivity index (χ4v) is 2.31. The molecule has 4 nitrogen and oxygen atoms in total. The lowest BCUT2D eigenvalue weighted by atomic mass is 9.92. The number of urea groups is 1. The SMILES string of the molecule is CN1C(=O)NC(c2ncc(I)cc2F)C1(C)C. The molecule has 0 aliphatic carbocycles. The fourth-order valence-electron chi connectivity index (χ4n) is 1.89. The van der Waals surface area contributed by atoms with E-state index >= 15 is 0 Å². The molecule has 2 rings (SSSR count). The van der Waals surface area contributed by atoms with Gasteiger partial charge in [-0.2, -0.15) is 0 Å². The zero-order valence-corrected chi connectivity index (χ0v) is 11.9. The van der Waals surface area contributed by atoms with Crippen LogP contribution < -0.4 is 5.32 Å². The fraction of sp³-hybridized carbons (Fsp3) is 0.455. The zero-order valence-electron chi connectivity index (χ0n) is 9.79. The highest BCUT2D eigenvalue weighted by molar-refractivity contribution is 14.1. The lowest BCUT2D eigenvalue weighted by Gasteiger charge is -2.31. The van der Waals surface area contributed by atoms with Gasteiger partial charge in [0.25, 0.3) is 0 Å². The molecule has 1 aromatic rings. The summed E-state index contributed by atoms with van der Waals surface area (Å²) in [7, 11) is 1.69. The maximum absolute atomic E-state index is 13.9. The maximum Gasteiger partial charge on any atom is 0.318 e. The second-order valence-electron chi connectivity index (χ2n) is 4.62. The van der Waals surface area contributed by atoms with Crippen LogP contribution in [-0.2, 0) is 0 Å². The van der Waals surface area contributed by atoms with Gasteiger partial charge >= 0.3 is 6.03 Å². The molecule has 0 bridgehead atoms. The summed E-state index contributed by atoms with van der Waals surface area (Å²) in [5, 5.41) is 2.75. The second-order valence-corrected chi connectivity index (χ2v) is 5.86. The Bertz CT molecular complexity index is 478. The summed E-state index contributed by atoms with van der Waals surface area (Å²) < 4.78 is 14.6. The molecule has 2 amide bonds. The predicted octanol–water partition coefficient (Wildman–Crippen LogP) is 2.30. The van der Waals surface area contributed by atoms with Gasteiger partial charge in [0.2, 0.25) is 0 Å². The molecule has 1 unspecified atom stereocenters. The normalized spacial score (nSPS) is 22.8. The van der Waals surface area contributed by atoms with Gasteiger partial charge in [-0.1, -0.05) is 0 Å². The number of aromatic nitrogens is 1. The van der Waals surface area contributed by atoms with Crippen LogP contribution in [0, 0.1) is 9.39 Å². The highest BCUT2D eigenvalue weighted by Crippen LogP contribution is 2.35. The van der Waals surface area contributed by atoms with Crippen LogP contribution in [0.3, 0.4) is 0 Å². The third-order valence-corrected chi connectivity index (χ3v) is 3.84. The van der Waals surface area contributed by atoms with Crippen LogP contribution in [0.5, 0.6) is 0 Å². The Morgan fingerprint density at radius 1 is 1.59 bits per heavy atom. The molecule has 1 saturated heterocycles. The topological polar surface area (TPSA) is 45.2 Å². The van der Waals surface area contributed by atoms with Crippen LogP contribution in [0.1, 0.15) is 25.6 Å². The summed E-state index contributed by atoms with van der Waals surface area (Å²) in [5.41, 5.74) is -0.217. The minimum Gasteiger partial charge on any atom is -0.327 e. The molecule has 6 heteroatoms. The van der Waals surface area contributed by atoms with E-state index in [4.69, 9.17) is 0 Å². The van der Waals surface area contributed by atoms with E-state index in [0.29, 0.717) is 0 Å². The van der Waals surface area contributed by atoms with Crippen LogP contribution in [0.15, 0.2) is 12.3 Å². The van der Waals surface area contributed by atoms with Crippen molar-refractivity contribution in [3.63, 3.8) is 0 Å². The van der Waals surface area contributed by atoms with Crippen molar-refractivity contribution in [3.05, 3.63) is 27.3 Å². The number of rotatable bonds is 1. The first-order valence-electron chi connectivity index (χ1n) is 5.19. The molecule has 1 aromatic heterocycles. The van der Waals surface area contributed by atoms with Crippen molar-refractivity contribution in [1.29, 1.82) is 0 Å². The number of likely N-dealkylation sites (N-methyl/N-ethyl adjacent to an activating group) is 1. The van der Waals surface area contributed by atoms with Gasteiger partial charge in [0.05, 0.1) is 11.6 Å². The molecule has 0 saturated carbocycles. The number of carbonyl (C=O) groups is 1. The Balaban J connectivity index is 2.44. The summed E-state index contributed by atoms with van der Waals surface area (Å²) in [5.74, 6) is -0.384. The van der Waals surface area contributed by atoms with Crippen LogP contribution in [0.2, 0.25) is 0 Å². The van der Waals surface area contributed by atoms with Gasteiger partial charge in [0.15, 0.2) is 0 Å². The van der Waals surface area contributed by atoms with Crippen LogP contribution >= 0.6 is 22.6 Å². The number of halogens is 2. The number of pyridine rings is 1. The van der Waals surface area contributed by atoms with E-state index in [1.807, 2.05) is 36.4 Å². The molecule has 92 valence electrons. The summed E-state index contributed by atoms with van der Waals surface area (Å²) in [6, 6.07) is 0.778. The number of hydrogen-bond donors (Lipinski definition) is 1. The summed E-state index contributed by atoms with van der Waals surface area (Å²) >= 11 is 2.00. The van der Waals surface area contributed by atoms with Crippen molar-refractivity contribution in [1.82, 2.24) is 15.2 Å². The van der Waals surface area contributed by atoms with Crippen molar-refractivity contribution >= 4 is 28.6 Å². The zero-order chi connectivity index (χ0) is 12.8. The van der Waals surface area contributed by atoms with Crippen LogP contribution in [0.25, 0.3) is 0 Å². The summed E-state index contributed by atoms with van der Waals surface area (Å²) in [6.45, 7) is 3.77. The Labute approximate surface area is 113 Å². The number of hydrogen-bond acceptors (Lipinski definition) is 2. The van der Waals surface area contributed by atoms with E-state index in [-0.39, 0.29) is 17.5 Å². The lowest BCUT2D eigenvalue weighted by molar-refractivity contribution is 0.186. The van der Waals surface area contributed by atoms with Gasteiger partial charge in [-0.15, -0.1) is 0 Å². The van der Waals surface area contributed by atoms with E-state index in [1.165, 1.54) is 6.07 Å². The minimum absolute atomic E-state index is 0.209. The number of carbonyl (C=O) groups excluding carboxylic acids is 1. The van der Waals surface area contributed by atoms with E-state index in [1.54, 1.807) is 18.1 Å². The van der Waals surface area contributed by atoms with Gasteiger partial charge in [0, 0.05) is 16.8 Å². The van der Waals surface area contributed by atoms with Crippen molar-refractivity contribution in [2.75, 3.05) is 7.05 Å². The van der Waals surface area contributed by atoms with E-state index in [0.717, 1.165) is 3.57 Å². The molecule has 1 atom stereocenters. The summed E-state index contributed by atoms with van der Waals surface area (Å²) in [6.07, 6.45) is 1.60. The van der Waals surface area contributed by atoms with Gasteiger partial charge in [-0.3, -0.25) is 4.98 Å². The number of nitrogens with zero attached hydrogens (tertiary/aromatic N) is 2. The summed E-state index contributed by atoms with van der Waals surface area (Å²) in [4.78, 5) is 17.3. The maximum atomic E-state index is 13.9. The lowest BCUT2D eigenvalue weighted by Crippen LogP contribution is -2.40. The van der Waals surface area contributed by atoms with Crippen molar-refractivity contribution in [2.24, 2.45) is 0 Å². The van der Waals surface area contributed by atoms with Gasteiger partial charge < -0.3 is 10.2 Å². The standard InChI is InChI=1S/C11H13FIN3O/c1-11(2)9(15-10(17)16(11)3)8-7(12)4-6(13)5-14-8/h4-5,9H,1-3H3,(H,15,17). The third-order valence-electron chi connectivity index (χ3n) is 3.25. The smallest absolute Gasteiger partial charge is 0.318 e. The van der Waals surface area contributed by atoms with Crippen molar-refractivity contribution in [2.45, 2.75) is 25.4 Å². The van der Waals surface area contributed by atoms with Crippen LogP contribution in [0.4, 0.5) is 9.18 Å². The van der Waals surface area contributed by atoms with Gasteiger partial charge in [-0.25, -0.2) is 9.18 Å². The molecule has 1 aliphatic heterocycles. The molecule has 1 fully saturated rings. The highest BCUT2D eigenvalue weighted by atomic mass is 127. The second kappa shape index (κ2) is 4.08. The molecule has 2 heterocycles. The molecule has 0 radical (unpaired) electrons. The van der Waals surface area contributed by atoms with Gasteiger partial charge in [-0.05, 0) is 42.5 Å². The monoisotopic (exact) mass is 349 g/mol. The molecular weight excluding hydrogens is 336 g/mol. The average Bonchev–Trinajstić information content (AvgIpc) is 2.43. The molecule has 0 spiro atoms. The van der Waals surface area contributed by atoms with Crippen molar-refractivity contribution in [3.8, 4) is 0 Å². The van der Waals surface area contributed by atoms with E-state index in [9.17, 15) is 9.18 Å². The quantitative estimate of drug-likeness (QED) is 0.791. The number of nitrogens with one attached hydrogen (secondary N) is 1. The third kappa shape index (κ3) is 1.98. The van der Waals surface area contributed by atoms with Crippen molar-refractivity contribution < 1.29 is 9.18 Å². The average molecular weight is 349 g/mol. The molecule has 1 N–H and O–H groups in total. The molecule has 17 heavy (non-hydrogen) atoms. The highest BCUT2D eigenvalue weighted by Gasteiger charge is 2.46. The van der Waals surface area contributed by atoms with Gasteiger partial charge in [0.1, 0.15) is 11.5 Å². The Hall–Kier alpha value is -0.920. The Morgan fingerprint density at radius 3 is 2.71 bits per heavy atom. The Kier molecular flexibility index (Phi) is 3.01.